The van der Waals surface area contributed by atoms with Gasteiger partial charge in [0.25, 0.3) is 11.8 Å². The Morgan fingerprint density at radius 2 is 1.66 bits per heavy atom. The van der Waals surface area contributed by atoms with Crippen molar-refractivity contribution in [2.24, 2.45) is 11.7 Å². The maximum Gasteiger partial charge on any atom is 0.254 e. The molecule has 0 radical (unpaired) electrons. The van der Waals surface area contributed by atoms with Gasteiger partial charge in [-0.25, -0.2) is 13.2 Å². The van der Waals surface area contributed by atoms with Gasteiger partial charge in [0.2, 0.25) is 0 Å². The van der Waals surface area contributed by atoms with E-state index in [1.807, 2.05) is 4.90 Å². The van der Waals surface area contributed by atoms with Gasteiger partial charge in [-0.15, -0.1) is 0 Å². The number of rotatable bonds is 5. The molecule has 4 atom stereocenters. The summed E-state index contributed by atoms with van der Waals surface area (Å²) in [5.41, 5.74) is 7.32. The minimum atomic E-state index is -1.22. The van der Waals surface area contributed by atoms with Gasteiger partial charge >= 0.3 is 0 Å². The molecule has 3 N–H and O–H groups in total. The van der Waals surface area contributed by atoms with Gasteiger partial charge in [0.1, 0.15) is 5.82 Å². The lowest BCUT2D eigenvalue weighted by Gasteiger charge is -2.41. The van der Waals surface area contributed by atoms with Crippen LogP contribution in [0.4, 0.5) is 13.2 Å². The number of hydrogen-bond donors (Lipinski definition) is 2. The minimum Gasteiger partial charge on any atom is -0.355 e. The Labute approximate surface area is 184 Å². The molecule has 5 nitrogen and oxygen atoms in total. The Morgan fingerprint density at radius 1 is 1.03 bits per heavy atom. The van der Waals surface area contributed by atoms with Crippen molar-refractivity contribution in [3.05, 3.63) is 70.5 Å². The molecule has 2 aromatic carbocycles. The summed E-state index contributed by atoms with van der Waals surface area (Å²) in [5.74, 6) is -3.43. The Hall–Kier alpha value is -2.87. The molecule has 2 bridgehead atoms. The number of nitrogens with zero attached hydrogens (tertiary/aromatic N) is 1. The van der Waals surface area contributed by atoms with Crippen LogP contribution in [0.2, 0.25) is 0 Å². The van der Waals surface area contributed by atoms with E-state index in [4.69, 9.17) is 5.73 Å². The first kappa shape index (κ1) is 22.3. The maximum absolute atomic E-state index is 14.1. The summed E-state index contributed by atoms with van der Waals surface area (Å²) in [6, 6.07) is 7.68. The monoisotopic (exact) mass is 445 g/mol. The van der Waals surface area contributed by atoms with E-state index in [0.717, 1.165) is 18.9 Å². The van der Waals surface area contributed by atoms with Gasteiger partial charge < -0.3 is 16.0 Å². The van der Waals surface area contributed by atoms with Crippen molar-refractivity contribution in [3.63, 3.8) is 0 Å². The highest BCUT2D eigenvalue weighted by Crippen LogP contribution is 2.41. The second-order valence-corrected chi connectivity index (χ2v) is 8.71. The quantitative estimate of drug-likeness (QED) is 0.693. The van der Waals surface area contributed by atoms with Crippen LogP contribution in [0.1, 0.15) is 52.0 Å². The second-order valence-electron chi connectivity index (χ2n) is 8.71. The number of hydrogen-bond acceptors (Lipinski definition) is 3. The van der Waals surface area contributed by atoms with Crippen molar-refractivity contribution in [1.82, 2.24) is 10.2 Å². The van der Waals surface area contributed by atoms with Gasteiger partial charge in [0.05, 0.1) is 0 Å². The van der Waals surface area contributed by atoms with Crippen LogP contribution in [0.25, 0.3) is 0 Å². The van der Waals surface area contributed by atoms with Gasteiger partial charge in [-0.05, 0) is 67.9 Å². The zero-order valence-corrected chi connectivity index (χ0v) is 17.8. The third-order valence-corrected chi connectivity index (χ3v) is 6.75. The molecule has 8 heteroatoms. The van der Waals surface area contributed by atoms with E-state index in [1.165, 1.54) is 7.05 Å². The third kappa shape index (κ3) is 4.24. The first-order chi connectivity index (χ1) is 15.3. The fourth-order valence-corrected chi connectivity index (χ4v) is 5.13. The molecule has 2 aromatic rings. The smallest absolute Gasteiger partial charge is 0.254 e. The van der Waals surface area contributed by atoms with Crippen molar-refractivity contribution >= 4 is 11.8 Å². The second kappa shape index (κ2) is 8.94. The van der Waals surface area contributed by atoms with Gasteiger partial charge in [0, 0.05) is 42.4 Å². The Morgan fingerprint density at radius 3 is 2.31 bits per heavy atom. The van der Waals surface area contributed by atoms with E-state index in [2.05, 4.69) is 5.32 Å². The average molecular weight is 445 g/mol. The molecule has 0 unspecified atom stereocenters. The van der Waals surface area contributed by atoms with Crippen molar-refractivity contribution in [2.75, 3.05) is 7.05 Å². The Kier molecular flexibility index (Phi) is 6.24. The topological polar surface area (TPSA) is 75.4 Å². The predicted molar refractivity (Wildman–Crippen MR) is 114 cm³/mol. The lowest BCUT2D eigenvalue weighted by atomic mass is 9.82. The zero-order valence-electron chi connectivity index (χ0n) is 17.8. The van der Waals surface area contributed by atoms with Gasteiger partial charge in [-0.3, -0.25) is 9.59 Å². The number of nitrogens with two attached hydrogens (primary N) is 1. The SMILES string of the molecule is CNC(=O)c1cccc(C(=O)N2[C@@H]3CC[C@H]2C[C@H]([C@H](N)Cc2cc(F)c(F)cc2F)C3)c1. The summed E-state index contributed by atoms with van der Waals surface area (Å²) >= 11 is 0. The van der Waals surface area contributed by atoms with E-state index in [-0.39, 0.29) is 41.8 Å². The van der Waals surface area contributed by atoms with E-state index in [9.17, 15) is 22.8 Å². The molecule has 0 spiro atoms. The van der Waals surface area contributed by atoms with Gasteiger partial charge in [-0.1, -0.05) is 6.07 Å². The molecule has 170 valence electrons. The highest BCUT2D eigenvalue weighted by molar-refractivity contribution is 5.99. The zero-order chi connectivity index (χ0) is 23.0. The largest absolute Gasteiger partial charge is 0.355 e. The van der Waals surface area contributed by atoms with Crippen LogP contribution < -0.4 is 11.1 Å². The molecule has 2 heterocycles. The van der Waals surface area contributed by atoms with Crippen molar-refractivity contribution < 1.29 is 22.8 Å². The van der Waals surface area contributed by atoms with Crippen molar-refractivity contribution in [2.45, 2.75) is 50.2 Å². The minimum absolute atomic E-state index is 0.00996. The molecule has 32 heavy (non-hydrogen) atoms. The molecule has 0 aromatic heterocycles. The fourth-order valence-electron chi connectivity index (χ4n) is 5.13. The molecule has 2 fully saturated rings. The lowest BCUT2D eigenvalue weighted by molar-refractivity contribution is 0.0500. The molecular formula is C24H26F3N3O2. The molecule has 2 amide bonds. The van der Waals surface area contributed by atoms with Crippen LogP contribution in [-0.2, 0) is 6.42 Å². The fraction of sp³-hybridized carbons (Fsp3) is 0.417. The number of amides is 2. The van der Waals surface area contributed by atoms with Crippen LogP contribution in [-0.4, -0.2) is 41.9 Å². The Bertz CT molecular complexity index is 1030. The number of benzene rings is 2. The van der Waals surface area contributed by atoms with Crippen LogP contribution in [0, 0.1) is 23.4 Å². The molecule has 4 rings (SSSR count). The van der Waals surface area contributed by atoms with Crippen LogP contribution >= 0.6 is 0 Å². The molecule has 2 aliphatic heterocycles. The van der Waals surface area contributed by atoms with E-state index in [0.29, 0.717) is 30.0 Å². The summed E-state index contributed by atoms with van der Waals surface area (Å²) in [4.78, 5) is 27.1. The molecule has 0 aliphatic carbocycles. The van der Waals surface area contributed by atoms with E-state index >= 15 is 0 Å². The highest BCUT2D eigenvalue weighted by Gasteiger charge is 2.44. The predicted octanol–water partition coefficient (Wildman–Crippen LogP) is 3.42. The van der Waals surface area contributed by atoms with Gasteiger partial charge in [0.15, 0.2) is 11.6 Å². The summed E-state index contributed by atoms with van der Waals surface area (Å²) in [6.45, 7) is 0. The molecule has 2 saturated heterocycles. The first-order valence-corrected chi connectivity index (χ1v) is 10.8. The van der Waals surface area contributed by atoms with Crippen molar-refractivity contribution in [3.8, 4) is 0 Å². The standard InChI is InChI=1S/C24H26F3N3O2/c1-29-23(31)13-3-2-4-14(7-13)24(32)30-17-5-6-18(30)9-16(8-17)22(28)11-15-10-20(26)21(27)12-19(15)25/h2-4,7,10,12,16-18,22H,5-6,8-9,11,28H2,1H3,(H,29,31)/t16-,17-,18+,22-/m1/s1. The summed E-state index contributed by atoms with van der Waals surface area (Å²) in [6.07, 6.45) is 3.16. The third-order valence-electron chi connectivity index (χ3n) is 6.75. The number of carbonyl (C=O) groups excluding carboxylic acids is 2. The number of nitrogens with one attached hydrogen (secondary N) is 1. The van der Waals surface area contributed by atoms with Crippen LogP contribution in [0.3, 0.4) is 0 Å². The van der Waals surface area contributed by atoms with Crippen LogP contribution in [0.15, 0.2) is 36.4 Å². The number of halogens is 3. The number of fused-ring (bicyclic) bond motifs is 2. The normalized spacial score (nSPS) is 23.2. The molecule has 2 aliphatic rings. The van der Waals surface area contributed by atoms with E-state index in [1.54, 1.807) is 24.3 Å². The van der Waals surface area contributed by atoms with Crippen molar-refractivity contribution in [1.29, 1.82) is 0 Å². The van der Waals surface area contributed by atoms with Gasteiger partial charge in [-0.2, -0.15) is 0 Å². The molecular weight excluding hydrogens is 419 g/mol. The lowest BCUT2D eigenvalue weighted by Crippen LogP contribution is -2.50. The number of carbonyl (C=O) groups is 2. The average Bonchev–Trinajstić information content (AvgIpc) is 3.05. The van der Waals surface area contributed by atoms with E-state index < -0.39 is 23.5 Å². The molecule has 0 saturated carbocycles. The van der Waals surface area contributed by atoms with Crippen LogP contribution in [0.5, 0.6) is 0 Å². The maximum atomic E-state index is 14.1. The Balaban J connectivity index is 1.46. The number of piperidine rings is 1. The summed E-state index contributed by atoms with van der Waals surface area (Å²) < 4.78 is 40.8. The highest BCUT2D eigenvalue weighted by atomic mass is 19.2. The first-order valence-electron chi connectivity index (χ1n) is 10.8. The summed E-state index contributed by atoms with van der Waals surface area (Å²) in [7, 11) is 1.54. The summed E-state index contributed by atoms with van der Waals surface area (Å²) in [5, 5.41) is 2.56.